The third-order valence-electron chi connectivity index (χ3n) is 4.16. The first-order valence-corrected chi connectivity index (χ1v) is 7.10. The second-order valence-corrected chi connectivity index (χ2v) is 5.27. The standard InChI is InChI=1S/C16H20N2O3/c1-20-12-8-11(10-19)18(9-12)14-6-7-17-16-13(14)4-3-5-15(16)21-2/h3-7,11-12,19H,8-10H2,1-2H3/t11-,12-/m0/s1. The van der Waals surface area contributed by atoms with Gasteiger partial charge >= 0.3 is 0 Å². The minimum Gasteiger partial charge on any atom is -0.494 e. The van der Waals surface area contributed by atoms with Crippen LogP contribution in [0, 0.1) is 0 Å². The molecule has 0 amide bonds. The van der Waals surface area contributed by atoms with Crippen molar-refractivity contribution in [3.05, 3.63) is 30.5 Å². The Morgan fingerprint density at radius 2 is 2.19 bits per heavy atom. The van der Waals surface area contributed by atoms with Crippen molar-refractivity contribution in [3.63, 3.8) is 0 Å². The van der Waals surface area contributed by atoms with Gasteiger partial charge in [-0.25, -0.2) is 0 Å². The Morgan fingerprint density at radius 3 is 2.90 bits per heavy atom. The molecule has 1 aromatic heterocycles. The Hall–Kier alpha value is -1.85. The van der Waals surface area contributed by atoms with Gasteiger partial charge in [-0.05, 0) is 18.6 Å². The van der Waals surface area contributed by atoms with Crippen LogP contribution in [0.4, 0.5) is 5.69 Å². The van der Waals surface area contributed by atoms with E-state index >= 15 is 0 Å². The first kappa shape index (κ1) is 14.1. The second-order valence-electron chi connectivity index (χ2n) is 5.27. The number of aliphatic hydroxyl groups excluding tert-OH is 1. The molecule has 1 aliphatic rings. The summed E-state index contributed by atoms with van der Waals surface area (Å²) in [5.74, 6) is 0.761. The van der Waals surface area contributed by atoms with Crippen molar-refractivity contribution >= 4 is 16.6 Å². The van der Waals surface area contributed by atoms with E-state index in [1.165, 1.54) is 0 Å². The summed E-state index contributed by atoms with van der Waals surface area (Å²) >= 11 is 0. The second kappa shape index (κ2) is 5.87. The number of ether oxygens (including phenoxy) is 2. The lowest BCUT2D eigenvalue weighted by Crippen LogP contribution is -2.32. The number of hydrogen-bond donors (Lipinski definition) is 1. The summed E-state index contributed by atoms with van der Waals surface area (Å²) in [6, 6.07) is 7.97. The van der Waals surface area contributed by atoms with Crippen LogP contribution >= 0.6 is 0 Å². The zero-order valence-electron chi connectivity index (χ0n) is 12.3. The van der Waals surface area contributed by atoms with E-state index in [1.807, 2.05) is 24.3 Å². The normalized spacial score (nSPS) is 22.0. The van der Waals surface area contributed by atoms with E-state index < -0.39 is 0 Å². The summed E-state index contributed by atoms with van der Waals surface area (Å²) in [4.78, 5) is 6.63. The number of hydrogen-bond acceptors (Lipinski definition) is 5. The molecule has 1 aromatic carbocycles. The molecule has 1 N–H and O–H groups in total. The van der Waals surface area contributed by atoms with E-state index in [2.05, 4.69) is 9.88 Å². The predicted octanol–water partition coefficient (Wildman–Crippen LogP) is 1.83. The molecule has 5 nitrogen and oxygen atoms in total. The van der Waals surface area contributed by atoms with E-state index in [0.717, 1.165) is 35.3 Å². The summed E-state index contributed by atoms with van der Waals surface area (Å²) in [5.41, 5.74) is 1.91. The molecule has 21 heavy (non-hydrogen) atoms. The molecular formula is C16H20N2O3. The topological polar surface area (TPSA) is 54.8 Å². The monoisotopic (exact) mass is 288 g/mol. The largest absolute Gasteiger partial charge is 0.494 e. The Kier molecular flexibility index (Phi) is 3.94. The number of aliphatic hydroxyl groups is 1. The molecule has 112 valence electrons. The van der Waals surface area contributed by atoms with Gasteiger partial charge in [0.05, 0.1) is 25.9 Å². The van der Waals surface area contributed by atoms with Gasteiger partial charge < -0.3 is 19.5 Å². The van der Waals surface area contributed by atoms with Crippen LogP contribution in [0.15, 0.2) is 30.5 Å². The lowest BCUT2D eigenvalue weighted by molar-refractivity contribution is 0.115. The molecule has 5 heteroatoms. The molecule has 0 unspecified atom stereocenters. The smallest absolute Gasteiger partial charge is 0.145 e. The molecule has 3 rings (SSSR count). The van der Waals surface area contributed by atoms with Crippen molar-refractivity contribution in [2.45, 2.75) is 18.6 Å². The summed E-state index contributed by atoms with van der Waals surface area (Å²) in [5, 5.41) is 10.7. The maximum Gasteiger partial charge on any atom is 0.145 e. The minimum absolute atomic E-state index is 0.0757. The fourth-order valence-corrected chi connectivity index (χ4v) is 3.06. The van der Waals surface area contributed by atoms with Crippen molar-refractivity contribution in [1.29, 1.82) is 0 Å². The molecule has 0 aliphatic carbocycles. The minimum atomic E-state index is 0.0757. The maximum absolute atomic E-state index is 9.65. The third-order valence-corrected chi connectivity index (χ3v) is 4.16. The van der Waals surface area contributed by atoms with Gasteiger partial charge in [-0.3, -0.25) is 4.98 Å². The van der Waals surface area contributed by atoms with Gasteiger partial charge in [0, 0.05) is 30.9 Å². The van der Waals surface area contributed by atoms with E-state index in [4.69, 9.17) is 9.47 Å². The van der Waals surface area contributed by atoms with Gasteiger partial charge in [-0.2, -0.15) is 0 Å². The lowest BCUT2D eigenvalue weighted by atomic mass is 10.1. The molecule has 2 heterocycles. The highest BCUT2D eigenvalue weighted by molar-refractivity contribution is 5.95. The highest BCUT2D eigenvalue weighted by Gasteiger charge is 2.32. The van der Waals surface area contributed by atoms with Crippen LogP contribution in [-0.2, 0) is 4.74 Å². The summed E-state index contributed by atoms with van der Waals surface area (Å²) < 4.78 is 10.8. The van der Waals surface area contributed by atoms with Gasteiger partial charge in [0.1, 0.15) is 11.3 Å². The van der Waals surface area contributed by atoms with E-state index in [-0.39, 0.29) is 18.8 Å². The van der Waals surface area contributed by atoms with Gasteiger partial charge in [0.2, 0.25) is 0 Å². The molecule has 1 fully saturated rings. The van der Waals surface area contributed by atoms with Gasteiger partial charge in [-0.1, -0.05) is 12.1 Å². The highest BCUT2D eigenvalue weighted by atomic mass is 16.5. The molecule has 0 saturated carbocycles. The number of anilines is 1. The summed E-state index contributed by atoms with van der Waals surface area (Å²) in [6.45, 7) is 0.895. The SMILES string of the molecule is COc1cccc2c(N3C[C@@H](OC)C[C@H]3CO)ccnc12. The average Bonchev–Trinajstić information content (AvgIpc) is 2.97. The van der Waals surface area contributed by atoms with Crippen molar-refractivity contribution in [2.75, 3.05) is 32.3 Å². The van der Waals surface area contributed by atoms with E-state index in [9.17, 15) is 5.11 Å². The Morgan fingerprint density at radius 1 is 1.33 bits per heavy atom. The fraction of sp³-hybridized carbons (Fsp3) is 0.438. The van der Waals surface area contributed by atoms with Crippen molar-refractivity contribution in [2.24, 2.45) is 0 Å². The zero-order chi connectivity index (χ0) is 14.8. The quantitative estimate of drug-likeness (QED) is 0.930. The van der Waals surface area contributed by atoms with Crippen molar-refractivity contribution in [3.8, 4) is 5.75 Å². The molecule has 1 saturated heterocycles. The maximum atomic E-state index is 9.65. The van der Waals surface area contributed by atoms with Crippen molar-refractivity contribution < 1.29 is 14.6 Å². The number of para-hydroxylation sites is 1. The first-order chi connectivity index (χ1) is 10.3. The molecule has 2 atom stereocenters. The fourth-order valence-electron chi connectivity index (χ4n) is 3.06. The van der Waals surface area contributed by atoms with Gasteiger partial charge in [0.25, 0.3) is 0 Å². The Bertz CT molecular complexity index is 632. The molecule has 2 aromatic rings. The van der Waals surface area contributed by atoms with Gasteiger partial charge in [-0.15, -0.1) is 0 Å². The number of pyridine rings is 1. The average molecular weight is 288 g/mol. The number of aromatic nitrogens is 1. The molecule has 0 bridgehead atoms. The van der Waals surface area contributed by atoms with Crippen LogP contribution in [0.5, 0.6) is 5.75 Å². The van der Waals surface area contributed by atoms with E-state index in [1.54, 1.807) is 20.4 Å². The highest BCUT2D eigenvalue weighted by Crippen LogP contribution is 2.34. The number of nitrogens with zero attached hydrogens (tertiary/aromatic N) is 2. The molecular weight excluding hydrogens is 268 g/mol. The van der Waals surface area contributed by atoms with Gasteiger partial charge in [0.15, 0.2) is 0 Å². The van der Waals surface area contributed by atoms with Crippen LogP contribution in [0.1, 0.15) is 6.42 Å². The van der Waals surface area contributed by atoms with Crippen LogP contribution in [-0.4, -0.2) is 49.6 Å². The Balaban J connectivity index is 2.08. The van der Waals surface area contributed by atoms with Crippen LogP contribution < -0.4 is 9.64 Å². The molecule has 0 spiro atoms. The van der Waals surface area contributed by atoms with Crippen LogP contribution in [0.2, 0.25) is 0 Å². The third kappa shape index (κ3) is 2.43. The number of rotatable bonds is 4. The predicted molar refractivity (Wildman–Crippen MR) is 81.9 cm³/mol. The number of methoxy groups -OCH3 is 2. The van der Waals surface area contributed by atoms with Crippen LogP contribution in [0.3, 0.4) is 0 Å². The first-order valence-electron chi connectivity index (χ1n) is 7.10. The lowest BCUT2D eigenvalue weighted by Gasteiger charge is -2.26. The van der Waals surface area contributed by atoms with Crippen molar-refractivity contribution in [1.82, 2.24) is 4.98 Å². The number of benzene rings is 1. The number of fused-ring (bicyclic) bond motifs is 1. The molecule has 0 radical (unpaired) electrons. The molecule has 1 aliphatic heterocycles. The van der Waals surface area contributed by atoms with Crippen LogP contribution in [0.25, 0.3) is 10.9 Å². The Labute approximate surface area is 124 Å². The summed E-state index contributed by atoms with van der Waals surface area (Å²) in [7, 11) is 3.37. The summed E-state index contributed by atoms with van der Waals surface area (Å²) in [6.07, 6.45) is 2.77. The van der Waals surface area contributed by atoms with E-state index in [0.29, 0.717) is 0 Å². The zero-order valence-corrected chi connectivity index (χ0v) is 12.3.